The van der Waals surface area contributed by atoms with Gasteiger partial charge in [-0.25, -0.2) is 0 Å². The molecule has 0 aliphatic heterocycles. The summed E-state index contributed by atoms with van der Waals surface area (Å²) in [5.74, 6) is -3.62. The van der Waals surface area contributed by atoms with Crippen LogP contribution < -0.4 is 0 Å². The van der Waals surface area contributed by atoms with Crippen LogP contribution in [0.2, 0.25) is 0 Å². The molecule has 0 fully saturated rings. The molecular weight excluding hydrogens is 161 g/mol. The smallest absolute Gasteiger partial charge is 0.358 e. The topological polar surface area (TPSA) is 40.5 Å². The fraction of sp³-hybridized carbons (Fsp3) is 1.00. The molecule has 5 heteroatoms. The van der Waals surface area contributed by atoms with Crippen molar-refractivity contribution in [3.05, 3.63) is 0 Å². The van der Waals surface area contributed by atoms with E-state index in [1.54, 1.807) is 0 Å². The van der Waals surface area contributed by atoms with E-state index in [0.717, 1.165) is 20.8 Å². The molecule has 0 rings (SSSR count). The molecule has 0 spiro atoms. The van der Waals surface area contributed by atoms with E-state index < -0.39 is 17.4 Å². The van der Waals surface area contributed by atoms with Crippen LogP contribution in [-0.4, -0.2) is 22.2 Å². The summed E-state index contributed by atoms with van der Waals surface area (Å²) in [4.78, 5) is 0. The molecule has 0 aromatic carbocycles. The van der Waals surface area contributed by atoms with Gasteiger partial charge in [0.15, 0.2) is 0 Å². The van der Waals surface area contributed by atoms with Crippen LogP contribution in [0.4, 0.5) is 13.2 Å². The fourth-order valence-electron chi connectivity index (χ4n) is 0.425. The predicted molar refractivity (Wildman–Crippen MR) is 32.7 cm³/mol. The minimum atomic E-state index is -5.01. The van der Waals surface area contributed by atoms with E-state index in [4.69, 9.17) is 10.2 Å². The fourth-order valence-corrected chi connectivity index (χ4v) is 0.425. The molecule has 0 radical (unpaired) electrons. The average Bonchev–Trinajstić information content (AvgIpc) is 1.58. The van der Waals surface area contributed by atoms with Gasteiger partial charge in [0.2, 0.25) is 0 Å². The van der Waals surface area contributed by atoms with Crippen molar-refractivity contribution in [2.45, 2.75) is 32.7 Å². The summed E-state index contributed by atoms with van der Waals surface area (Å²) in [5.41, 5.74) is -1.63. The Morgan fingerprint density at radius 1 is 0.909 bits per heavy atom. The van der Waals surface area contributed by atoms with E-state index in [9.17, 15) is 13.2 Å². The number of aliphatic hydroxyl groups is 2. The highest BCUT2D eigenvalue weighted by atomic mass is 19.4. The summed E-state index contributed by atoms with van der Waals surface area (Å²) in [7, 11) is 0. The van der Waals surface area contributed by atoms with Gasteiger partial charge in [0.1, 0.15) is 0 Å². The Kier molecular flexibility index (Phi) is 2.29. The Labute approximate surface area is 62.6 Å². The first-order valence-corrected chi connectivity index (χ1v) is 3.01. The van der Waals surface area contributed by atoms with Gasteiger partial charge in [0.25, 0.3) is 5.79 Å². The van der Waals surface area contributed by atoms with E-state index in [2.05, 4.69) is 0 Å². The first-order chi connectivity index (χ1) is 4.50. The first kappa shape index (κ1) is 10.7. The van der Waals surface area contributed by atoms with Crippen molar-refractivity contribution in [2.75, 3.05) is 0 Å². The highest BCUT2D eigenvalue weighted by Crippen LogP contribution is 2.40. The maximum absolute atomic E-state index is 11.8. The summed E-state index contributed by atoms with van der Waals surface area (Å²) in [5, 5.41) is 17.2. The van der Waals surface area contributed by atoms with Gasteiger partial charge in [-0.05, 0) is 0 Å². The molecule has 0 saturated carbocycles. The van der Waals surface area contributed by atoms with Gasteiger partial charge in [-0.15, -0.1) is 0 Å². The summed E-state index contributed by atoms with van der Waals surface area (Å²) >= 11 is 0. The normalized spacial score (nSPS) is 15.3. The van der Waals surface area contributed by atoms with Gasteiger partial charge in [-0.2, -0.15) is 13.2 Å². The number of hydrogen-bond acceptors (Lipinski definition) is 2. The Morgan fingerprint density at radius 2 is 1.18 bits per heavy atom. The lowest BCUT2D eigenvalue weighted by atomic mass is 9.85. The van der Waals surface area contributed by atoms with E-state index in [-0.39, 0.29) is 0 Å². The minimum absolute atomic E-state index is 1.10. The van der Waals surface area contributed by atoms with Crippen molar-refractivity contribution in [3.8, 4) is 0 Å². The molecule has 0 aliphatic carbocycles. The molecule has 0 aromatic heterocycles. The molecule has 2 N–H and O–H groups in total. The highest BCUT2D eigenvalue weighted by molar-refractivity contribution is 4.86. The molecule has 0 aliphatic rings. The van der Waals surface area contributed by atoms with Crippen molar-refractivity contribution in [1.82, 2.24) is 0 Å². The maximum atomic E-state index is 11.8. The van der Waals surface area contributed by atoms with Gasteiger partial charge < -0.3 is 10.2 Å². The lowest BCUT2D eigenvalue weighted by Gasteiger charge is -2.36. The molecule has 68 valence electrons. The Balaban J connectivity index is 4.75. The quantitative estimate of drug-likeness (QED) is 0.540. The van der Waals surface area contributed by atoms with Gasteiger partial charge in [-0.1, -0.05) is 20.8 Å². The molecule has 0 saturated heterocycles. The van der Waals surface area contributed by atoms with Crippen LogP contribution >= 0.6 is 0 Å². The third-order valence-corrected chi connectivity index (χ3v) is 1.44. The van der Waals surface area contributed by atoms with Crippen LogP contribution in [0.15, 0.2) is 0 Å². The molecule has 0 atom stereocenters. The molecule has 2 nitrogen and oxygen atoms in total. The van der Waals surface area contributed by atoms with Crippen LogP contribution in [0.3, 0.4) is 0 Å². The van der Waals surface area contributed by atoms with Gasteiger partial charge in [-0.3, -0.25) is 0 Å². The second-order valence-corrected chi connectivity index (χ2v) is 3.42. The van der Waals surface area contributed by atoms with Crippen LogP contribution in [-0.2, 0) is 0 Å². The zero-order valence-corrected chi connectivity index (χ0v) is 6.53. The summed E-state index contributed by atoms with van der Waals surface area (Å²) in [6.07, 6.45) is -5.01. The van der Waals surface area contributed by atoms with Gasteiger partial charge in [0, 0.05) is 5.41 Å². The highest BCUT2D eigenvalue weighted by Gasteiger charge is 2.59. The monoisotopic (exact) mass is 172 g/mol. The van der Waals surface area contributed by atoms with E-state index >= 15 is 0 Å². The Morgan fingerprint density at radius 3 is 1.18 bits per heavy atom. The summed E-state index contributed by atoms with van der Waals surface area (Å²) < 4.78 is 35.5. The van der Waals surface area contributed by atoms with Crippen LogP contribution in [0.1, 0.15) is 20.8 Å². The van der Waals surface area contributed by atoms with Crippen molar-refractivity contribution in [1.29, 1.82) is 0 Å². The van der Waals surface area contributed by atoms with Crippen LogP contribution in [0.5, 0.6) is 0 Å². The standard InChI is InChI=1S/C6H11F3O2/c1-4(2,3)5(10,11)6(7,8)9/h10-11H,1-3H3. The number of rotatable bonds is 0. The third-order valence-electron chi connectivity index (χ3n) is 1.44. The average molecular weight is 172 g/mol. The van der Waals surface area contributed by atoms with Gasteiger partial charge >= 0.3 is 6.18 Å². The minimum Gasteiger partial charge on any atom is -0.358 e. The van der Waals surface area contributed by atoms with Crippen molar-refractivity contribution >= 4 is 0 Å². The molecule has 0 amide bonds. The third kappa shape index (κ3) is 1.84. The maximum Gasteiger partial charge on any atom is 0.443 e. The Bertz CT molecular complexity index is 127. The lowest BCUT2D eigenvalue weighted by molar-refractivity contribution is -0.385. The number of alkyl halides is 3. The predicted octanol–water partition coefficient (Wildman–Crippen LogP) is 1.28. The first-order valence-electron chi connectivity index (χ1n) is 3.01. The second kappa shape index (κ2) is 2.35. The SMILES string of the molecule is CC(C)(C)C(O)(O)C(F)(F)F. The largest absolute Gasteiger partial charge is 0.443 e. The summed E-state index contributed by atoms with van der Waals surface area (Å²) in [6.45, 7) is 3.29. The van der Waals surface area contributed by atoms with Crippen LogP contribution in [0.25, 0.3) is 0 Å². The van der Waals surface area contributed by atoms with E-state index in [1.165, 1.54) is 0 Å². The molecule has 0 unspecified atom stereocenters. The zero-order valence-electron chi connectivity index (χ0n) is 6.53. The lowest BCUT2D eigenvalue weighted by Crippen LogP contribution is -2.54. The molecule has 11 heavy (non-hydrogen) atoms. The molecular formula is C6H11F3O2. The van der Waals surface area contributed by atoms with E-state index in [0.29, 0.717) is 0 Å². The van der Waals surface area contributed by atoms with Crippen molar-refractivity contribution in [2.24, 2.45) is 5.41 Å². The molecule has 0 bridgehead atoms. The van der Waals surface area contributed by atoms with Crippen molar-refractivity contribution in [3.63, 3.8) is 0 Å². The second-order valence-electron chi connectivity index (χ2n) is 3.42. The van der Waals surface area contributed by atoms with Gasteiger partial charge in [0.05, 0.1) is 0 Å². The zero-order chi connectivity index (χ0) is 9.50. The number of hydrogen-bond donors (Lipinski definition) is 2. The Hall–Kier alpha value is -0.290. The molecule has 0 heterocycles. The van der Waals surface area contributed by atoms with Crippen molar-refractivity contribution < 1.29 is 23.4 Å². The van der Waals surface area contributed by atoms with Crippen LogP contribution in [0, 0.1) is 5.41 Å². The molecule has 0 aromatic rings. The number of halogens is 3. The van der Waals surface area contributed by atoms with E-state index in [1.807, 2.05) is 0 Å². The summed E-state index contributed by atoms with van der Waals surface area (Å²) in [6, 6.07) is 0.